The molecule has 0 fully saturated rings. The predicted molar refractivity (Wildman–Crippen MR) is 125 cm³/mol. The van der Waals surface area contributed by atoms with Crippen molar-refractivity contribution in [2.75, 3.05) is 16.8 Å². The molecule has 10 heteroatoms. The van der Waals surface area contributed by atoms with Crippen LogP contribution in [-0.4, -0.2) is 32.7 Å². The maximum Gasteiger partial charge on any atom is 0.265 e. The van der Waals surface area contributed by atoms with Gasteiger partial charge in [-0.15, -0.1) is 0 Å². The summed E-state index contributed by atoms with van der Waals surface area (Å²) in [4.78, 5) is 37.5. The number of fused-ring (bicyclic) bond motifs is 1. The topological polar surface area (TPSA) is 122 Å². The molecule has 174 valence electrons. The van der Waals surface area contributed by atoms with Gasteiger partial charge in [0.2, 0.25) is 5.91 Å². The van der Waals surface area contributed by atoms with Crippen LogP contribution in [0.15, 0.2) is 77.7 Å². The molecule has 0 spiro atoms. The van der Waals surface area contributed by atoms with Crippen molar-refractivity contribution in [1.82, 2.24) is 4.72 Å². The zero-order chi connectivity index (χ0) is 24.3. The molecule has 1 heterocycles. The summed E-state index contributed by atoms with van der Waals surface area (Å²) < 4.78 is 31.4. The number of nitrogens with one attached hydrogen (secondary N) is 2. The molecule has 0 atom stereocenters. The lowest BCUT2D eigenvalue weighted by atomic mass is 10.1. The molecule has 1 aliphatic rings. The number of ether oxygens (including phenoxy) is 1. The van der Waals surface area contributed by atoms with E-state index in [4.69, 9.17) is 4.74 Å². The quantitative estimate of drug-likeness (QED) is 0.561. The molecule has 3 amide bonds. The number of hydrogen-bond acceptors (Lipinski definition) is 6. The third kappa shape index (κ3) is 5.07. The van der Waals surface area contributed by atoms with Crippen LogP contribution < -0.4 is 19.7 Å². The molecule has 0 aliphatic carbocycles. The molecule has 4 rings (SSSR count). The first-order valence-corrected chi connectivity index (χ1v) is 11.8. The molecule has 0 radical (unpaired) electrons. The molecule has 3 aromatic carbocycles. The number of hydrogen-bond donors (Lipinski definition) is 2. The van der Waals surface area contributed by atoms with Crippen LogP contribution in [0.25, 0.3) is 0 Å². The lowest BCUT2D eigenvalue weighted by Gasteiger charge is -2.29. The molecule has 0 saturated heterocycles. The average molecular weight is 480 g/mol. The molecule has 0 saturated carbocycles. The summed E-state index contributed by atoms with van der Waals surface area (Å²) in [6.45, 7) is 1.42. The van der Waals surface area contributed by atoms with Gasteiger partial charge in [-0.25, -0.2) is 13.1 Å². The number of para-hydroxylation sites is 2. The Labute approximate surface area is 196 Å². The van der Waals surface area contributed by atoms with Gasteiger partial charge in [0.15, 0.2) is 6.61 Å². The van der Waals surface area contributed by atoms with Crippen molar-refractivity contribution in [2.45, 2.75) is 18.4 Å². The van der Waals surface area contributed by atoms with Crippen LogP contribution in [0, 0.1) is 0 Å². The highest BCUT2D eigenvalue weighted by Gasteiger charge is 2.25. The highest BCUT2D eigenvalue weighted by atomic mass is 32.2. The number of nitrogens with zero attached hydrogens (tertiary/aromatic N) is 1. The Hall–Kier alpha value is -4.18. The first-order chi connectivity index (χ1) is 16.2. The Morgan fingerprint density at radius 3 is 2.32 bits per heavy atom. The van der Waals surface area contributed by atoms with E-state index in [-0.39, 0.29) is 23.3 Å². The second-order valence-corrected chi connectivity index (χ2v) is 9.26. The minimum Gasteiger partial charge on any atom is -0.482 e. The summed E-state index contributed by atoms with van der Waals surface area (Å²) in [6, 6.07) is 19.6. The van der Waals surface area contributed by atoms with Crippen LogP contribution in [0.3, 0.4) is 0 Å². The van der Waals surface area contributed by atoms with E-state index in [1.54, 1.807) is 29.2 Å². The molecule has 2 N–H and O–H groups in total. The number of amides is 3. The number of sulfonamides is 1. The molecule has 0 aromatic heterocycles. The van der Waals surface area contributed by atoms with Crippen molar-refractivity contribution < 1.29 is 27.5 Å². The van der Waals surface area contributed by atoms with E-state index in [0.717, 1.165) is 12.5 Å². The van der Waals surface area contributed by atoms with Crippen LogP contribution in [0.5, 0.6) is 5.75 Å². The summed E-state index contributed by atoms with van der Waals surface area (Å²) in [5, 5.41) is 2.70. The second-order valence-electron chi connectivity index (χ2n) is 7.57. The van der Waals surface area contributed by atoms with E-state index >= 15 is 0 Å². The molecular weight excluding hydrogens is 458 g/mol. The monoisotopic (exact) mass is 479 g/mol. The Morgan fingerprint density at radius 1 is 0.971 bits per heavy atom. The lowest BCUT2D eigenvalue weighted by Crippen LogP contribution is -2.38. The van der Waals surface area contributed by atoms with Crippen LogP contribution in [0.1, 0.15) is 22.8 Å². The van der Waals surface area contributed by atoms with Crippen LogP contribution in [0.4, 0.5) is 11.4 Å². The fraction of sp³-hybridized carbons (Fsp3) is 0.125. The van der Waals surface area contributed by atoms with Crippen LogP contribution in [0.2, 0.25) is 0 Å². The van der Waals surface area contributed by atoms with Crippen molar-refractivity contribution in [3.8, 4) is 5.75 Å². The smallest absolute Gasteiger partial charge is 0.265 e. The standard InChI is InChI=1S/C24H21N3O6S/c1-16(28)26-34(31,32)20-12-10-19(11-13-20)25-24(30)18-8-6-17(7-9-18)14-27-21-4-2-3-5-22(21)33-15-23(27)29/h2-13H,14-15H2,1H3,(H,25,30)(H,26,28). The molecular formula is C24H21N3O6S. The minimum absolute atomic E-state index is 0.0254. The normalized spacial score (nSPS) is 13.0. The Bertz CT molecular complexity index is 1350. The van der Waals surface area contributed by atoms with E-state index in [9.17, 15) is 22.8 Å². The average Bonchev–Trinajstić information content (AvgIpc) is 2.81. The van der Waals surface area contributed by atoms with Crippen molar-refractivity contribution >= 4 is 39.1 Å². The number of carbonyl (C=O) groups excluding carboxylic acids is 3. The summed E-state index contributed by atoms with van der Waals surface area (Å²) in [7, 11) is -3.94. The zero-order valence-electron chi connectivity index (χ0n) is 18.1. The maximum absolute atomic E-state index is 12.6. The van der Waals surface area contributed by atoms with Gasteiger partial charge in [-0.3, -0.25) is 14.4 Å². The van der Waals surface area contributed by atoms with Gasteiger partial charge in [-0.2, -0.15) is 0 Å². The van der Waals surface area contributed by atoms with Gasteiger partial charge < -0.3 is 15.0 Å². The van der Waals surface area contributed by atoms with Gasteiger partial charge in [-0.05, 0) is 54.1 Å². The molecule has 0 unspecified atom stereocenters. The van der Waals surface area contributed by atoms with E-state index in [0.29, 0.717) is 29.2 Å². The third-order valence-corrected chi connectivity index (χ3v) is 6.51. The number of anilines is 2. The highest BCUT2D eigenvalue weighted by Crippen LogP contribution is 2.32. The van der Waals surface area contributed by atoms with Gasteiger partial charge in [0, 0.05) is 18.2 Å². The number of rotatable bonds is 6. The van der Waals surface area contributed by atoms with Gasteiger partial charge in [0.25, 0.3) is 21.8 Å². The van der Waals surface area contributed by atoms with Gasteiger partial charge in [-0.1, -0.05) is 24.3 Å². The highest BCUT2D eigenvalue weighted by molar-refractivity contribution is 7.90. The summed E-state index contributed by atoms with van der Waals surface area (Å²) >= 11 is 0. The summed E-state index contributed by atoms with van der Waals surface area (Å²) in [5.41, 5.74) is 2.33. The van der Waals surface area contributed by atoms with Gasteiger partial charge in [0.1, 0.15) is 5.75 Å². The first kappa shape index (κ1) is 23.0. The molecule has 34 heavy (non-hydrogen) atoms. The molecule has 3 aromatic rings. The van der Waals surface area contributed by atoms with E-state index in [1.807, 2.05) is 29.0 Å². The number of carbonyl (C=O) groups is 3. The van der Waals surface area contributed by atoms with E-state index in [1.165, 1.54) is 24.3 Å². The molecule has 0 bridgehead atoms. The van der Waals surface area contributed by atoms with Crippen molar-refractivity contribution in [2.24, 2.45) is 0 Å². The number of benzene rings is 3. The largest absolute Gasteiger partial charge is 0.482 e. The zero-order valence-corrected chi connectivity index (χ0v) is 19.0. The van der Waals surface area contributed by atoms with Crippen LogP contribution >= 0.6 is 0 Å². The van der Waals surface area contributed by atoms with E-state index in [2.05, 4.69) is 5.32 Å². The molecule has 9 nitrogen and oxygen atoms in total. The van der Waals surface area contributed by atoms with E-state index < -0.39 is 15.9 Å². The second kappa shape index (κ2) is 9.36. The summed E-state index contributed by atoms with van der Waals surface area (Å²) in [5.74, 6) is -0.571. The van der Waals surface area contributed by atoms with Crippen molar-refractivity contribution in [3.05, 3.63) is 83.9 Å². The van der Waals surface area contributed by atoms with Gasteiger partial charge >= 0.3 is 0 Å². The Morgan fingerprint density at radius 2 is 1.65 bits per heavy atom. The Balaban J connectivity index is 1.42. The minimum atomic E-state index is -3.94. The SMILES string of the molecule is CC(=O)NS(=O)(=O)c1ccc(NC(=O)c2ccc(CN3C(=O)COc4ccccc43)cc2)cc1. The van der Waals surface area contributed by atoms with Crippen molar-refractivity contribution in [1.29, 1.82) is 0 Å². The van der Waals surface area contributed by atoms with Crippen LogP contribution in [-0.2, 0) is 26.2 Å². The first-order valence-electron chi connectivity index (χ1n) is 10.3. The Kier molecular flexibility index (Phi) is 6.33. The van der Waals surface area contributed by atoms with Gasteiger partial charge in [0.05, 0.1) is 17.1 Å². The lowest BCUT2D eigenvalue weighted by molar-refractivity contribution is -0.121. The predicted octanol–water partition coefficient (Wildman–Crippen LogP) is 2.69. The summed E-state index contributed by atoms with van der Waals surface area (Å²) in [6.07, 6.45) is 0. The fourth-order valence-electron chi connectivity index (χ4n) is 3.44. The molecule has 1 aliphatic heterocycles. The van der Waals surface area contributed by atoms with Crippen molar-refractivity contribution in [3.63, 3.8) is 0 Å². The fourth-order valence-corrected chi connectivity index (χ4v) is 4.43. The third-order valence-electron chi connectivity index (χ3n) is 5.07. The maximum atomic E-state index is 12.6.